The standard InChI is InChI=1S/C17H24BrN3O4/c1-17(2,3)25-16(24)21-11-14(22)19-9-4-10-20-15(23)12-5-7-13(18)8-6-12/h5-8H,4,9-11H2,1-3H3,(H,19,22)(H,20,23)(H,21,24). The van der Waals surface area contributed by atoms with Crippen molar-refractivity contribution in [1.82, 2.24) is 16.0 Å². The molecule has 0 saturated carbocycles. The van der Waals surface area contributed by atoms with Crippen LogP contribution in [0.4, 0.5) is 4.79 Å². The second-order valence-corrected chi connectivity index (χ2v) is 7.24. The molecular weight excluding hydrogens is 390 g/mol. The number of rotatable bonds is 7. The third-order valence-corrected chi connectivity index (χ3v) is 3.39. The highest BCUT2D eigenvalue weighted by Crippen LogP contribution is 2.10. The van der Waals surface area contributed by atoms with E-state index in [0.717, 1.165) is 4.47 Å². The van der Waals surface area contributed by atoms with E-state index in [2.05, 4.69) is 31.9 Å². The maximum atomic E-state index is 11.9. The summed E-state index contributed by atoms with van der Waals surface area (Å²) in [5.74, 6) is -0.476. The first kappa shape index (κ1) is 21.0. The first-order chi connectivity index (χ1) is 11.7. The van der Waals surface area contributed by atoms with Gasteiger partial charge in [-0.15, -0.1) is 0 Å². The van der Waals surface area contributed by atoms with Crippen LogP contribution in [0.25, 0.3) is 0 Å². The van der Waals surface area contributed by atoms with Crippen LogP contribution in [0.2, 0.25) is 0 Å². The summed E-state index contributed by atoms with van der Waals surface area (Å²) in [6.45, 7) is 5.92. The van der Waals surface area contributed by atoms with Crippen LogP contribution in [0.15, 0.2) is 28.7 Å². The highest BCUT2D eigenvalue weighted by molar-refractivity contribution is 9.10. The minimum Gasteiger partial charge on any atom is -0.444 e. The van der Waals surface area contributed by atoms with Gasteiger partial charge in [0.1, 0.15) is 5.60 Å². The quantitative estimate of drug-likeness (QED) is 0.596. The summed E-state index contributed by atoms with van der Waals surface area (Å²) in [5, 5.41) is 7.81. The molecular formula is C17H24BrN3O4. The molecule has 3 N–H and O–H groups in total. The van der Waals surface area contributed by atoms with Crippen molar-refractivity contribution >= 4 is 33.8 Å². The van der Waals surface area contributed by atoms with Gasteiger partial charge in [-0.3, -0.25) is 9.59 Å². The Morgan fingerprint density at radius 3 is 2.20 bits per heavy atom. The Labute approximate surface area is 156 Å². The van der Waals surface area contributed by atoms with E-state index >= 15 is 0 Å². The number of halogens is 1. The Morgan fingerprint density at radius 2 is 1.60 bits per heavy atom. The van der Waals surface area contributed by atoms with Crippen LogP contribution >= 0.6 is 15.9 Å². The Balaban J connectivity index is 2.12. The lowest BCUT2D eigenvalue weighted by Crippen LogP contribution is -2.40. The smallest absolute Gasteiger partial charge is 0.408 e. The predicted molar refractivity (Wildman–Crippen MR) is 98.3 cm³/mol. The monoisotopic (exact) mass is 413 g/mol. The maximum Gasteiger partial charge on any atom is 0.408 e. The number of hydrogen-bond acceptors (Lipinski definition) is 4. The number of amides is 3. The van der Waals surface area contributed by atoms with Gasteiger partial charge in [0.15, 0.2) is 0 Å². The van der Waals surface area contributed by atoms with E-state index in [-0.39, 0.29) is 18.4 Å². The van der Waals surface area contributed by atoms with Crippen LogP contribution in [-0.2, 0) is 9.53 Å². The van der Waals surface area contributed by atoms with Crippen molar-refractivity contribution in [1.29, 1.82) is 0 Å². The third-order valence-electron chi connectivity index (χ3n) is 2.86. The summed E-state index contributed by atoms with van der Waals surface area (Å²) < 4.78 is 5.94. The molecule has 0 unspecified atom stereocenters. The molecule has 7 nitrogen and oxygen atoms in total. The Kier molecular flexibility index (Phi) is 8.40. The van der Waals surface area contributed by atoms with E-state index in [4.69, 9.17) is 4.74 Å². The zero-order chi connectivity index (χ0) is 18.9. The maximum absolute atomic E-state index is 11.9. The van der Waals surface area contributed by atoms with Gasteiger partial charge in [-0.2, -0.15) is 0 Å². The van der Waals surface area contributed by atoms with Gasteiger partial charge in [-0.25, -0.2) is 4.79 Å². The van der Waals surface area contributed by atoms with Crippen LogP contribution in [0, 0.1) is 0 Å². The van der Waals surface area contributed by atoms with E-state index < -0.39 is 11.7 Å². The van der Waals surface area contributed by atoms with Gasteiger partial charge in [0.25, 0.3) is 5.91 Å². The van der Waals surface area contributed by atoms with Gasteiger partial charge in [0, 0.05) is 23.1 Å². The van der Waals surface area contributed by atoms with Crippen molar-refractivity contribution in [3.05, 3.63) is 34.3 Å². The van der Waals surface area contributed by atoms with Crippen LogP contribution in [0.1, 0.15) is 37.6 Å². The van der Waals surface area contributed by atoms with Crippen LogP contribution in [0.5, 0.6) is 0 Å². The fourth-order valence-electron chi connectivity index (χ4n) is 1.75. The number of carbonyl (C=O) groups is 3. The SMILES string of the molecule is CC(C)(C)OC(=O)NCC(=O)NCCCNC(=O)c1ccc(Br)cc1. The molecule has 1 aromatic rings. The predicted octanol–water partition coefficient (Wildman–Crippen LogP) is 2.21. The van der Waals surface area contributed by atoms with Crippen molar-refractivity contribution < 1.29 is 19.1 Å². The minimum absolute atomic E-state index is 0.153. The highest BCUT2D eigenvalue weighted by atomic mass is 79.9. The molecule has 0 aliphatic heterocycles. The second kappa shape index (κ2) is 10.0. The molecule has 0 aromatic heterocycles. The lowest BCUT2D eigenvalue weighted by Gasteiger charge is -2.19. The molecule has 138 valence electrons. The lowest BCUT2D eigenvalue weighted by atomic mass is 10.2. The summed E-state index contributed by atoms with van der Waals surface area (Å²) in [6.07, 6.45) is -0.0510. The van der Waals surface area contributed by atoms with E-state index in [1.165, 1.54) is 0 Å². The molecule has 8 heteroatoms. The molecule has 0 bridgehead atoms. The van der Waals surface area contributed by atoms with Gasteiger partial charge in [0.05, 0.1) is 6.54 Å². The summed E-state index contributed by atoms with van der Waals surface area (Å²) in [4.78, 5) is 34.9. The average Bonchev–Trinajstić information content (AvgIpc) is 2.51. The molecule has 0 radical (unpaired) electrons. The summed E-state index contributed by atoms with van der Waals surface area (Å²) in [5.41, 5.74) is -0.0260. The zero-order valence-corrected chi connectivity index (χ0v) is 16.2. The van der Waals surface area contributed by atoms with Crippen molar-refractivity contribution in [2.75, 3.05) is 19.6 Å². The number of hydrogen-bond donors (Lipinski definition) is 3. The summed E-state index contributed by atoms with van der Waals surface area (Å²) in [7, 11) is 0. The number of ether oxygens (including phenoxy) is 1. The van der Waals surface area contributed by atoms with Gasteiger partial charge >= 0.3 is 6.09 Å². The van der Waals surface area contributed by atoms with E-state index in [1.54, 1.807) is 45.0 Å². The first-order valence-corrected chi connectivity index (χ1v) is 8.74. The Morgan fingerprint density at radius 1 is 1.00 bits per heavy atom. The van der Waals surface area contributed by atoms with E-state index in [9.17, 15) is 14.4 Å². The summed E-state index contributed by atoms with van der Waals surface area (Å²) in [6, 6.07) is 7.05. The molecule has 0 fully saturated rings. The first-order valence-electron chi connectivity index (χ1n) is 7.95. The third kappa shape index (κ3) is 9.71. The van der Waals surface area contributed by atoms with E-state index in [0.29, 0.717) is 25.1 Å². The molecule has 3 amide bonds. The molecule has 0 spiro atoms. The summed E-state index contributed by atoms with van der Waals surface area (Å²) >= 11 is 3.31. The van der Waals surface area contributed by atoms with Gasteiger partial charge in [-0.1, -0.05) is 15.9 Å². The molecule has 25 heavy (non-hydrogen) atoms. The molecule has 1 aromatic carbocycles. The van der Waals surface area contributed by atoms with Crippen molar-refractivity contribution in [3.63, 3.8) is 0 Å². The number of alkyl carbamates (subject to hydrolysis) is 1. The fraction of sp³-hybridized carbons (Fsp3) is 0.471. The highest BCUT2D eigenvalue weighted by Gasteiger charge is 2.16. The number of benzene rings is 1. The molecule has 1 rings (SSSR count). The fourth-order valence-corrected chi connectivity index (χ4v) is 2.01. The molecule has 0 aliphatic carbocycles. The number of carbonyl (C=O) groups excluding carboxylic acids is 3. The molecule has 0 saturated heterocycles. The van der Waals surface area contributed by atoms with Crippen LogP contribution in [-0.4, -0.2) is 43.1 Å². The lowest BCUT2D eigenvalue weighted by molar-refractivity contribution is -0.120. The van der Waals surface area contributed by atoms with Crippen LogP contribution < -0.4 is 16.0 Å². The Bertz CT molecular complexity index is 597. The zero-order valence-electron chi connectivity index (χ0n) is 14.6. The number of nitrogens with one attached hydrogen (secondary N) is 3. The average molecular weight is 414 g/mol. The van der Waals surface area contributed by atoms with Crippen molar-refractivity contribution in [2.45, 2.75) is 32.8 Å². The Hall–Kier alpha value is -2.09. The molecule has 0 atom stereocenters. The molecule has 0 heterocycles. The van der Waals surface area contributed by atoms with Crippen LogP contribution in [0.3, 0.4) is 0 Å². The van der Waals surface area contributed by atoms with Crippen molar-refractivity contribution in [2.24, 2.45) is 0 Å². The second-order valence-electron chi connectivity index (χ2n) is 6.32. The van der Waals surface area contributed by atoms with Crippen molar-refractivity contribution in [3.8, 4) is 0 Å². The normalized spacial score (nSPS) is 10.7. The van der Waals surface area contributed by atoms with Gasteiger partial charge in [0.2, 0.25) is 5.91 Å². The van der Waals surface area contributed by atoms with E-state index in [1.807, 2.05) is 0 Å². The largest absolute Gasteiger partial charge is 0.444 e. The topological polar surface area (TPSA) is 96.5 Å². The van der Waals surface area contributed by atoms with Gasteiger partial charge in [-0.05, 0) is 51.5 Å². The molecule has 0 aliphatic rings. The van der Waals surface area contributed by atoms with Gasteiger partial charge < -0.3 is 20.7 Å². The minimum atomic E-state index is -0.635.